The molecule has 2 heterocycles. The molecule has 0 radical (unpaired) electrons. The van der Waals surface area contributed by atoms with E-state index in [0.717, 1.165) is 23.7 Å². The highest BCUT2D eigenvalue weighted by Crippen LogP contribution is 2.33. The van der Waals surface area contributed by atoms with Gasteiger partial charge in [0.25, 0.3) is 16.7 Å². The molecule has 12 heteroatoms. The Bertz CT molecular complexity index is 1630. The third-order valence-electron chi connectivity index (χ3n) is 6.69. The van der Waals surface area contributed by atoms with E-state index in [-0.39, 0.29) is 18.7 Å². The highest BCUT2D eigenvalue weighted by atomic mass is 32.2. The minimum atomic E-state index is -0.413. The lowest BCUT2D eigenvalue weighted by Crippen LogP contribution is -2.43. The summed E-state index contributed by atoms with van der Waals surface area (Å²) in [7, 11) is 4.76. The van der Waals surface area contributed by atoms with Crippen LogP contribution in [-0.4, -0.2) is 54.3 Å². The summed E-state index contributed by atoms with van der Waals surface area (Å²) < 4.78 is 18.5. The number of ether oxygens (including phenoxy) is 3. The van der Waals surface area contributed by atoms with Crippen molar-refractivity contribution in [1.29, 1.82) is 0 Å². The lowest BCUT2D eigenvalue weighted by molar-refractivity contribution is -0.116. The summed E-state index contributed by atoms with van der Waals surface area (Å²) >= 11 is 0.874. The smallest absolute Gasteiger partial charge is 0.290 e. The Balaban J connectivity index is 1.69. The number of nitrogens with two attached hydrogens (primary N) is 1. The van der Waals surface area contributed by atoms with Gasteiger partial charge in [-0.2, -0.15) is 0 Å². The molecule has 0 spiro atoms. The van der Waals surface area contributed by atoms with E-state index in [1.807, 2.05) is 13.0 Å². The summed E-state index contributed by atoms with van der Waals surface area (Å²) in [6.45, 7) is 4.11. The number of nitrogens with one attached hydrogen (secondary N) is 2. The number of methoxy groups -OCH3 is 2. The maximum atomic E-state index is 13.8. The van der Waals surface area contributed by atoms with Gasteiger partial charge in [0.15, 0.2) is 17.2 Å². The fourth-order valence-electron chi connectivity index (χ4n) is 4.57. The van der Waals surface area contributed by atoms with Gasteiger partial charge in [0.05, 0.1) is 25.7 Å². The predicted molar refractivity (Wildman–Crippen MR) is 163 cm³/mol. The number of nitrogens with zero attached hydrogens (tertiary/aromatic N) is 2. The second-order valence-electron chi connectivity index (χ2n) is 9.38. The Hall–Kier alpha value is -4.58. The van der Waals surface area contributed by atoms with Gasteiger partial charge in [-0.3, -0.25) is 29.7 Å². The predicted octanol–water partition coefficient (Wildman–Crippen LogP) is 3.11. The fraction of sp³-hybridized carbons (Fsp3) is 0.300. The molecular formula is C30H34N5O6S+. The number of carbonyl (C=O) groups is 2. The summed E-state index contributed by atoms with van der Waals surface area (Å²) in [6.07, 6.45) is 1.38. The first kappa shape index (κ1) is 30.4. The standard InChI is InChI=1S/C30H33N5O6S/c1-6-8-21(31)24-25(32-3)29(37)35(27(33-24)19-11-12-22(39-4)23(16-19)40-5)13-14-41-20-10-7-9-18(15-20)17(2)26-28(36)34-30(38)42-26/h7,9-12,15-16,31-32H,6,8,13-14H2,1-5H3,(H,34,36,38)/p+1/b26-17+,31-21?. The molecule has 0 atom stereocenters. The van der Waals surface area contributed by atoms with Crippen molar-refractivity contribution >= 4 is 39.9 Å². The minimum Gasteiger partial charge on any atom is -0.493 e. The molecule has 1 fully saturated rings. The van der Waals surface area contributed by atoms with Gasteiger partial charge in [0, 0.05) is 19.0 Å². The molecule has 1 aromatic heterocycles. The van der Waals surface area contributed by atoms with Gasteiger partial charge in [-0.05, 0) is 66.6 Å². The molecule has 0 aliphatic carbocycles. The van der Waals surface area contributed by atoms with E-state index in [0.29, 0.717) is 62.6 Å². The Kier molecular flexibility index (Phi) is 9.68. The summed E-state index contributed by atoms with van der Waals surface area (Å²) in [5, 5.41) is 11.2. The van der Waals surface area contributed by atoms with Crippen molar-refractivity contribution in [2.75, 3.05) is 33.2 Å². The number of thioether (sulfide) groups is 1. The van der Waals surface area contributed by atoms with Crippen LogP contribution in [-0.2, 0) is 11.3 Å². The molecule has 1 aliphatic heterocycles. The van der Waals surface area contributed by atoms with Gasteiger partial charge in [-0.15, -0.1) is 0 Å². The van der Waals surface area contributed by atoms with Crippen LogP contribution in [0.15, 0.2) is 52.2 Å². The van der Waals surface area contributed by atoms with Crippen molar-refractivity contribution < 1.29 is 29.2 Å². The molecule has 42 heavy (non-hydrogen) atoms. The zero-order chi connectivity index (χ0) is 30.4. The minimum absolute atomic E-state index is 0.144. The van der Waals surface area contributed by atoms with Crippen LogP contribution >= 0.6 is 11.8 Å². The Morgan fingerprint density at radius 3 is 2.50 bits per heavy atom. The lowest BCUT2D eigenvalue weighted by atomic mass is 10.1. The topological polar surface area (TPSA) is 146 Å². The van der Waals surface area contributed by atoms with Gasteiger partial charge in [-0.1, -0.05) is 19.1 Å². The number of hydrogen-bond donors (Lipinski definition) is 3. The van der Waals surface area contributed by atoms with Crippen molar-refractivity contribution in [1.82, 2.24) is 14.9 Å². The molecule has 0 unspecified atom stereocenters. The third-order valence-corrected chi connectivity index (χ3v) is 7.68. The van der Waals surface area contributed by atoms with E-state index in [9.17, 15) is 14.4 Å². The number of carbonyl (C=O) groups excluding carboxylic acids is 2. The number of rotatable bonds is 12. The van der Waals surface area contributed by atoms with Crippen molar-refractivity contribution in [3.8, 4) is 28.6 Å². The first-order valence-corrected chi connectivity index (χ1v) is 14.2. The van der Waals surface area contributed by atoms with Crippen LogP contribution in [0.5, 0.6) is 17.2 Å². The van der Waals surface area contributed by atoms with Crippen molar-refractivity contribution in [2.24, 2.45) is 0 Å². The molecular weight excluding hydrogens is 558 g/mol. The van der Waals surface area contributed by atoms with Gasteiger partial charge in [0.1, 0.15) is 23.9 Å². The first-order valence-electron chi connectivity index (χ1n) is 13.4. The second-order valence-corrected chi connectivity index (χ2v) is 10.4. The van der Waals surface area contributed by atoms with E-state index in [1.165, 1.54) is 4.57 Å². The maximum Gasteiger partial charge on any atom is 0.290 e. The van der Waals surface area contributed by atoms with E-state index in [4.69, 9.17) is 24.6 Å². The number of amides is 2. The van der Waals surface area contributed by atoms with Crippen molar-refractivity contribution in [3.63, 3.8) is 0 Å². The summed E-state index contributed by atoms with van der Waals surface area (Å²) in [4.78, 5) is 42.7. The average Bonchev–Trinajstić information content (AvgIpc) is 3.34. The zero-order valence-electron chi connectivity index (χ0n) is 24.2. The molecule has 4 N–H and O–H groups in total. The van der Waals surface area contributed by atoms with Crippen LogP contribution < -0.4 is 35.8 Å². The van der Waals surface area contributed by atoms with Crippen LogP contribution in [0.25, 0.3) is 17.0 Å². The molecule has 3 aromatic rings. The molecule has 1 aliphatic rings. The maximum absolute atomic E-state index is 13.8. The van der Waals surface area contributed by atoms with Gasteiger partial charge < -0.3 is 19.5 Å². The van der Waals surface area contributed by atoms with E-state index < -0.39 is 11.1 Å². The lowest BCUT2D eigenvalue weighted by Gasteiger charge is -2.18. The SMILES string of the molecule is CCCC(=[NH2+])c1nc(-c2ccc(OC)c(OC)c2)n(CCOc2cccc(/C(C)=C3/SC(=O)NC3=O)c2)c(=O)c1NC. The largest absolute Gasteiger partial charge is 0.493 e. The van der Waals surface area contributed by atoms with Gasteiger partial charge in [-0.25, -0.2) is 4.98 Å². The Morgan fingerprint density at radius 1 is 1.10 bits per heavy atom. The highest BCUT2D eigenvalue weighted by molar-refractivity contribution is 8.18. The van der Waals surface area contributed by atoms with Crippen LogP contribution in [0.1, 0.15) is 37.9 Å². The second kappa shape index (κ2) is 13.4. The number of aromatic nitrogens is 2. The summed E-state index contributed by atoms with van der Waals surface area (Å²) in [5.41, 5.74) is 2.99. The molecule has 220 valence electrons. The fourth-order valence-corrected chi connectivity index (χ4v) is 5.31. The van der Waals surface area contributed by atoms with Crippen molar-refractivity contribution in [2.45, 2.75) is 33.2 Å². The molecule has 4 rings (SSSR count). The molecule has 0 bridgehead atoms. The van der Waals surface area contributed by atoms with Gasteiger partial charge >= 0.3 is 0 Å². The normalized spacial score (nSPS) is 13.9. The molecule has 2 aromatic carbocycles. The monoisotopic (exact) mass is 592 g/mol. The third kappa shape index (κ3) is 6.33. The Morgan fingerprint density at radius 2 is 1.86 bits per heavy atom. The number of allylic oxidation sites excluding steroid dienone is 1. The average molecular weight is 593 g/mol. The molecule has 11 nitrogen and oxygen atoms in total. The summed E-state index contributed by atoms with van der Waals surface area (Å²) in [6, 6.07) is 12.5. The number of hydrogen-bond acceptors (Lipinski definition) is 9. The van der Waals surface area contributed by atoms with Crippen LogP contribution in [0.4, 0.5) is 10.5 Å². The molecule has 2 amide bonds. The molecule has 1 saturated heterocycles. The number of imide groups is 1. The number of anilines is 1. The van der Waals surface area contributed by atoms with Gasteiger partial charge in [0.2, 0.25) is 5.71 Å². The summed E-state index contributed by atoms with van der Waals surface area (Å²) in [5.74, 6) is 1.58. The van der Waals surface area contributed by atoms with E-state index in [1.54, 1.807) is 64.6 Å². The van der Waals surface area contributed by atoms with Crippen LogP contribution in [0, 0.1) is 0 Å². The van der Waals surface area contributed by atoms with Crippen LogP contribution in [0.2, 0.25) is 0 Å². The highest BCUT2D eigenvalue weighted by Gasteiger charge is 2.28. The zero-order valence-corrected chi connectivity index (χ0v) is 25.0. The van der Waals surface area contributed by atoms with Crippen molar-refractivity contribution in [3.05, 3.63) is 69.0 Å². The van der Waals surface area contributed by atoms with Crippen LogP contribution in [0.3, 0.4) is 0 Å². The van der Waals surface area contributed by atoms with E-state index in [2.05, 4.69) is 10.6 Å². The molecule has 0 saturated carbocycles. The first-order chi connectivity index (χ1) is 20.2. The van der Waals surface area contributed by atoms with E-state index >= 15 is 0 Å². The Labute approximate surface area is 247 Å². The number of benzene rings is 2. The quantitative estimate of drug-likeness (QED) is 0.213.